The summed E-state index contributed by atoms with van der Waals surface area (Å²) in [7, 11) is 1.32. The van der Waals surface area contributed by atoms with Crippen LogP contribution in [0.15, 0.2) is 0 Å². The molecule has 76 valence electrons. The van der Waals surface area contributed by atoms with Gasteiger partial charge in [0.2, 0.25) is 0 Å². The van der Waals surface area contributed by atoms with Gasteiger partial charge >= 0.3 is 5.97 Å². The monoisotopic (exact) mass is 186 g/mol. The van der Waals surface area contributed by atoms with E-state index in [-0.39, 0.29) is 5.41 Å². The number of esters is 1. The molecule has 0 bridgehead atoms. The normalized spacial score (nSPS) is 23.4. The van der Waals surface area contributed by atoms with E-state index in [4.69, 9.17) is 0 Å². The second kappa shape index (κ2) is 3.66. The second-order valence-electron chi connectivity index (χ2n) is 3.97. The lowest BCUT2D eigenvalue weighted by molar-refractivity contribution is -0.156. The summed E-state index contributed by atoms with van der Waals surface area (Å²) in [5.74, 6) is -0.0978. The predicted octanol–water partition coefficient (Wildman–Crippen LogP) is 1.35. The SMILES string of the molecule is CCC(C)C1(C(O)C(=O)OC)CC1. The van der Waals surface area contributed by atoms with Gasteiger partial charge in [-0.1, -0.05) is 20.3 Å². The molecule has 1 aliphatic carbocycles. The Morgan fingerprint density at radius 2 is 2.15 bits per heavy atom. The summed E-state index contributed by atoms with van der Waals surface area (Å²) in [4.78, 5) is 11.1. The van der Waals surface area contributed by atoms with Gasteiger partial charge in [0.1, 0.15) is 0 Å². The van der Waals surface area contributed by atoms with Crippen LogP contribution in [0.3, 0.4) is 0 Å². The van der Waals surface area contributed by atoms with Crippen molar-refractivity contribution < 1.29 is 14.6 Å². The van der Waals surface area contributed by atoms with E-state index in [9.17, 15) is 9.90 Å². The third-order valence-corrected chi connectivity index (χ3v) is 3.39. The Labute approximate surface area is 79.1 Å². The summed E-state index contributed by atoms with van der Waals surface area (Å²) >= 11 is 0. The molecule has 1 N–H and O–H groups in total. The van der Waals surface area contributed by atoms with Crippen molar-refractivity contribution in [3.63, 3.8) is 0 Å². The molecule has 0 aliphatic heterocycles. The maximum absolute atomic E-state index is 11.1. The Hall–Kier alpha value is -0.570. The van der Waals surface area contributed by atoms with Crippen LogP contribution >= 0.6 is 0 Å². The molecule has 1 rings (SSSR count). The molecule has 0 radical (unpaired) electrons. The first-order valence-corrected chi connectivity index (χ1v) is 4.84. The largest absolute Gasteiger partial charge is 0.467 e. The lowest BCUT2D eigenvalue weighted by atomic mass is 9.83. The quantitative estimate of drug-likeness (QED) is 0.674. The lowest BCUT2D eigenvalue weighted by Crippen LogP contribution is -2.36. The highest BCUT2D eigenvalue weighted by atomic mass is 16.5. The van der Waals surface area contributed by atoms with Crippen LogP contribution in [0, 0.1) is 11.3 Å². The Balaban J connectivity index is 2.64. The fourth-order valence-corrected chi connectivity index (χ4v) is 1.93. The van der Waals surface area contributed by atoms with Crippen molar-refractivity contribution in [3.8, 4) is 0 Å². The summed E-state index contributed by atoms with van der Waals surface area (Å²) in [6, 6.07) is 0. The average Bonchev–Trinajstić information content (AvgIpc) is 2.95. The molecule has 0 saturated heterocycles. The smallest absolute Gasteiger partial charge is 0.335 e. The predicted molar refractivity (Wildman–Crippen MR) is 49.1 cm³/mol. The Bertz CT molecular complexity index is 196. The van der Waals surface area contributed by atoms with Crippen LogP contribution in [0.25, 0.3) is 0 Å². The van der Waals surface area contributed by atoms with Crippen LogP contribution in [0.4, 0.5) is 0 Å². The summed E-state index contributed by atoms with van der Waals surface area (Å²) in [6.45, 7) is 4.16. The first kappa shape index (κ1) is 10.5. The van der Waals surface area contributed by atoms with Crippen LogP contribution in [-0.2, 0) is 9.53 Å². The van der Waals surface area contributed by atoms with Gasteiger partial charge in [0, 0.05) is 5.41 Å². The van der Waals surface area contributed by atoms with E-state index in [1.54, 1.807) is 0 Å². The van der Waals surface area contributed by atoms with E-state index < -0.39 is 12.1 Å². The summed E-state index contributed by atoms with van der Waals surface area (Å²) in [6.07, 6.45) is 1.96. The van der Waals surface area contributed by atoms with Gasteiger partial charge in [-0.25, -0.2) is 4.79 Å². The molecule has 0 heterocycles. The Morgan fingerprint density at radius 3 is 2.46 bits per heavy atom. The zero-order valence-corrected chi connectivity index (χ0v) is 8.54. The van der Waals surface area contributed by atoms with Crippen molar-refractivity contribution >= 4 is 5.97 Å². The molecule has 1 saturated carbocycles. The number of aliphatic hydroxyl groups excluding tert-OH is 1. The van der Waals surface area contributed by atoms with Crippen molar-refractivity contribution in [1.82, 2.24) is 0 Å². The molecular formula is C10H18O3. The summed E-state index contributed by atoms with van der Waals surface area (Å²) in [5.41, 5.74) is -0.179. The van der Waals surface area contributed by atoms with Crippen LogP contribution in [-0.4, -0.2) is 24.3 Å². The van der Waals surface area contributed by atoms with Crippen LogP contribution in [0.5, 0.6) is 0 Å². The molecule has 2 atom stereocenters. The number of carbonyl (C=O) groups is 1. The van der Waals surface area contributed by atoms with Gasteiger partial charge in [0.15, 0.2) is 6.10 Å². The number of carbonyl (C=O) groups excluding carboxylic acids is 1. The highest BCUT2D eigenvalue weighted by Gasteiger charge is 2.55. The topological polar surface area (TPSA) is 46.5 Å². The van der Waals surface area contributed by atoms with Crippen molar-refractivity contribution in [3.05, 3.63) is 0 Å². The molecule has 0 amide bonds. The minimum absolute atomic E-state index is 0.179. The zero-order chi connectivity index (χ0) is 10.1. The number of ether oxygens (including phenoxy) is 1. The highest BCUT2D eigenvalue weighted by molar-refractivity contribution is 5.76. The van der Waals surface area contributed by atoms with E-state index in [2.05, 4.69) is 18.6 Å². The fourth-order valence-electron chi connectivity index (χ4n) is 1.93. The first-order chi connectivity index (χ1) is 6.08. The molecule has 13 heavy (non-hydrogen) atoms. The first-order valence-electron chi connectivity index (χ1n) is 4.84. The van der Waals surface area contributed by atoms with E-state index in [0.29, 0.717) is 5.92 Å². The van der Waals surface area contributed by atoms with Crippen molar-refractivity contribution in [2.75, 3.05) is 7.11 Å². The van der Waals surface area contributed by atoms with Crippen molar-refractivity contribution in [2.24, 2.45) is 11.3 Å². The maximum Gasteiger partial charge on any atom is 0.335 e. The highest BCUT2D eigenvalue weighted by Crippen LogP contribution is 2.55. The molecule has 0 aromatic heterocycles. The maximum atomic E-state index is 11.1. The van der Waals surface area contributed by atoms with E-state index in [1.165, 1.54) is 7.11 Å². The van der Waals surface area contributed by atoms with E-state index in [1.807, 2.05) is 0 Å². The van der Waals surface area contributed by atoms with Gasteiger partial charge in [0.25, 0.3) is 0 Å². The molecule has 1 aliphatic rings. The molecule has 3 heteroatoms. The van der Waals surface area contributed by atoms with Crippen molar-refractivity contribution in [1.29, 1.82) is 0 Å². The number of hydrogen-bond donors (Lipinski definition) is 1. The average molecular weight is 186 g/mol. The molecule has 3 nitrogen and oxygen atoms in total. The third-order valence-electron chi connectivity index (χ3n) is 3.39. The number of rotatable bonds is 4. The number of hydrogen-bond acceptors (Lipinski definition) is 3. The molecule has 1 fully saturated rings. The minimum atomic E-state index is -0.924. The van der Waals surface area contributed by atoms with Gasteiger partial charge < -0.3 is 9.84 Å². The van der Waals surface area contributed by atoms with Crippen LogP contribution < -0.4 is 0 Å². The third kappa shape index (κ3) is 1.70. The number of aliphatic hydroxyl groups is 1. The molecular weight excluding hydrogens is 168 g/mol. The number of methoxy groups -OCH3 is 1. The standard InChI is InChI=1S/C10H18O3/c1-4-7(2)10(5-6-10)8(11)9(12)13-3/h7-8,11H,4-6H2,1-3H3. The van der Waals surface area contributed by atoms with E-state index >= 15 is 0 Å². The van der Waals surface area contributed by atoms with E-state index in [0.717, 1.165) is 19.3 Å². The van der Waals surface area contributed by atoms with Gasteiger partial charge in [0.05, 0.1) is 7.11 Å². The summed E-state index contributed by atoms with van der Waals surface area (Å²) in [5, 5.41) is 9.73. The second-order valence-corrected chi connectivity index (χ2v) is 3.97. The van der Waals surface area contributed by atoms with Gasteiger partial charge in [-0.15, -0.1) is 0 Å². The molecule has 0 aromatic rings. The molecule has 2 unspecified atom stereocenters. The minimum Gasteiger partial charge on any atom is -0.467 e. The van der Waals surface area contributed by atoms with Gasteiger partial charge in [-0.3, -0.25) is 0 Å². The van der Waals surface area contributed by atoms with Crippen molar-refractivity contribution in [2.45, 2.75) is 39.2 Å². The lowest BCUT2D eigenvalue weighted by Gasteiger charge is -2.25. The molecule has 0 aromatic carbocycles. The van der Waals surface area contributed by atoms with Gasteiger partial charge in [-0.05, 0) is 18.8 Å². The Kier molecular flexibility index (Phi) is 2.96. The van der Waals surface area contributed by atoms with Gasteiger partial charge in [-0.2, -0.15) is 0 Å². The molecule has 0 spiro atoms. The zero-order valence-electron chi connectivity index (χ0n) is 8.54. The van der Waals surface area contributed by atoms with Crippen LogP contribution in [0.1, 0.15) is 33.1 Å². The summed E-state index contributed by atoms with van der Waals surface area (Å²) < 4.78 is 4.54. The fraction of sp³-hybridized carbons (Fsp3) is 0.900. The van der Waals surface area contributed by atoms with Crippen LogP contribution in [0.2, 0.25) is 0 Å². The Morgan fingerprint density at radius 1 is 1.62 bits per heavy atom.